The van der Waals surface area contributed by atoms with E-state index < -0.39 is 11.6 Å². The number of halogens is 2. The van der Waals surface area contributed by atoms with Gasteiger partial charge >= 0.3 is 0 Å². The molecule has 2 heterocycles. The van der Waals surface area contributed by atoms with E-state index in [9.17, 15) is 8.78 Å². The fourth-order valence-electron chi connectivity index (χ4n) is 1.85. The highest BCUT2D eigenvalue weighted by atomic mass is 19.1. The second-order valence-corrected chi connectivity index (χ2v) is 3.72. The van der Waals surface area contributed by atoms with Crippen LogP contribution in [0.1, 0.15) is 0 Å². The van der Waals surface area contributed by atoms with Gasteiger partial charge in [-0.2, -0.15) is 0 Å². The standard InChI is InChI=1S/C12H8F2N4/c13-7-3-1-4-8(14)10(7)18-11-9(17-12(18)15)5-2-6-16-11/h1-6H,(H2,15,17). The van der Waals surface area contributed by atoms with Crippen LogP contribution in [0.25, 0.3) is 16.9 Å². The summed E-state index contributed by atoms with van der Waals surface area (Å²) in [5.74, 6) is -1.44. The van der Waals surface area contributed by atoms with Crippen molar-refractivity contribution in [1.29, 1.82) is 0 Å². The van der Waals surface area contributed by atoms with Gasteiger partial charge in [-0.05, 0) is 24.3 Å². The number of hydrogen-bond acceptors (Lipinski definition) is 3. The zero-order chi connectivity index (χ0) is 12.7. The summed E-state index contributed by atoms with van der Waals surface area (Å²) in [6.07, 6.45) is 1.51. The first-order valence-electron chi connectivity index (χ1n) is 5.22. The first kappa shape index (κ1) is 10.6. The number of fused-ring (bicyclic) bond motifs is 1. The average molecular weight is 246 g/mol. The molecule has 4 nitrogen and oxygen atoms in total. The molecule has 0 saturated carbocycles. The Kier molecular flexibility index (Phi) is 2.22. The van der Waals surface area contributed by atoms with Gasteiger partial charge in [-0.3, -0.25) is 4.57 Å². The Morgan fingerprint density at radius 2 is 1.78 bits per heavy atom. The van der Waals surface area contributed by atoms with Crippen molar-refractivity contribution in [3.63, 3.8) is 0 Å². The third kappa shape index (κ3) is 1.42. The van der Waals surface area contributed by atoms with Crippen molar-refractivity contribution in [1.82, 2.24) is 14.5 Å². The maximum Gasteiger partial charge on any atom is 0.207 e. The smallest absolute Gasteiger partial charge is 0.207 e. The number of nitrogen functional groups attached to an aromatic ring is 1. The molecule has 6 heteroatoms. The van der Waals surface area contributed by atoms with Gasteiger partial charge in [0.1, 0.15) is 22.8 Å². The molecule has 0 saturated heterocycles. The number of hydrogen-bond donors (Lipinski definition) is 1. The van der Waals surface area contributed by atoms with Crippen molar-refractivity contribution in [2.45, 2.75) is 0 Å². The lowest BCUT2D eigenvalue weighted by Gasteiger charge is -2.07. The van der Waals surface area contributed by atoms with Crippen LogP contribution in [0.15, 0.2) is 36.5 Å². The van der Waals surface area contributed by atoms with E-state index in [4.69, 9.17) is 5.73 Å². The summed E-state index contributed by atoms with van der Waals surface area (Å²) < 4.78 is 28.7. The van der Waals surface area contributed by atoms with E-state index in [2.05, 4.69) is 9.97 Å². The van der Waals surface area contributed by atoms with Crippen LogP contribution in [0.2, 0.25) is 0 Å². The third-order valence-corrected chi connectivity index (χ3v) is 2.60. The number of pyridine rings is 1. The van der Waals surface area contributed by atoms with Gasteiger partial charge < -0.3 is 5.73 Å². The summed E-state index contributed by atoms with van der Waals surface area (Å²) in [5, 5.41) is 0. The maximum absolute atomic E-state index is 13.7. The Hall–Kier alpha value is -2.50. The molecule has 0 aliphatic carbocycles. The summed E-state index contributed by atoms with van der Waals surface area (Å²) in [6, 6.07) is 6.96. The minimum Gasteiger partial charge on any atom is -0.369 e. The van der Waals surface area contributed by atoms with E-state index in [0.717, 1.165) is 12.1 Å². The van der Waals surface area contributed by atoms with Gasteiger partial charge in [0.15, 0.2) is 5.65 Å². The highest BCUT2D eigenvalue weighted by Gasteiger charge is 2.17. The molecule has 0 amide bonds. The topological polar surface area (TPSA) is 56.7 Å². The van der Waals surface area contributed by atoms with Crippen molar-refractivity contribution >= 4 is 17.1 Å². The van der Waals surface area contributed by atoms with E-state index >= 15 is 0 Å². The minimum absolute atomic E-state index is 0.00676. The molecule has 0 atom stereocenters. The molecule has 1 aromatic carbocycles. The van der Waals surface area contributed by atoms with Crippen LogP contribution in [-0.4, -0.2) is 14.5 Å². The predicted molar refractivity (Wildman–Crippen MR) is 63.2 cm³/mol. The van der Waals surface area contributed by atoms with Crippen LogP contribution in [0.3, 0.4) is 0 Å². The van der Waals surface area contributed by atoms with Crippen LogP contribution >= 0.6 is 0 Å². The molecular weight excluding hydrogens is 238 g/mol. The number of para-hydroxylation sites is 1. The first-order valence-corrected chi connectivity index (χ1v) is 5.22. The highest BCUT2D eigenvalue weighted by Crippen LogP contribution is 2.25. The minimum atomic E-state index is -0.716. The summed E-state index contributed by atoms with van der Waals surface area (Å²) in [4.78, 5) is 8.06. The Morgan fingerprint density at radius 1 is 1.06 bits per heavy atom. The summed E-state index contributed by atoms with van der Waals surface area (Å²) in [6.45, 7) is 0. The lowest BCUT2D eigenvalue weighted by Crippen LogP contribution is -2.06. The number of nitrogens with two attached hydrogens (primary N) is 1. The summed E-state index contributed by atoms with van der Waals surface area (Å²) in [7, 11) is 0. The van der Waals surface area contributed by atoms with Gasteiger partial charge in [-0.15, -0.1) is 0 Å². The van der Waals surface area contributed by atoms with Crippen LogP contribution in [-0.2, 0) is 0 Å². The van der Waals surface area contributed by atoms with Crippen molar-refractivity contribution in [3.8, 4) is 5.69 Å². The van der Waals surface area contributed by atoms with Crippen LogP contribution < -0.4 is 5.73 Å². The van der Waals surface area contributed by atoms with E-state index in [1.807, 2.05) is 0 Å². The van der Waals surface area contributed by atoms with E-state index in [1.165, 1.54) is 16.8 Å². The van der Waals surface area contributed by atoms with Gasteiger partial charge in [0.25, 0.3) is 0 Å². The van der Waals surface area contributed by atoms with Gasteiger partial charge in [0.2, 0.25) is 5.95 Å². The number of aromatic nitrogens is 3. The largest absolute Gasteiger partial charge is 0.369 e. The number of anilines is 1. The number of rotatable bonds is 1. The highest BCUT2D eigenvalue weighted by molar-refractivity contribution is 5.76. The van der Waals surface area contributed by atoms with Gasteiger partial charge in [0, 0.05) is 6.20 Å². The van der Waals surface area contributed by atoms with Crippen molar-refractivity contribution in [2.24, 2.45) is 0 Å². The molecule has 0 aliphatic rings. The number of imidazole rings is 1. The Balaban J connectivity index is 2.42. The second kappa shape index (κ2) is 3.76. The predicted octanol–water partition coefficient (Wildman–Crippen LogP) is 2.28. The van der Waals surface area contributed by atoms with Crippen molar-refractivity contribution in [2.75, 3.05) is 5.73 Å². The fraction of sp³-hybridized carbons (Fsp3) is 0. The molecule has 0 aliphatic heterocycles. The van der Waals surface area contributed by atoms with Crippen LogP contribution in [0, 0.1) is 11.6 Å². The average Bonchev–Trinajstić information content (AvgIpc) is 2.66. The van der Waals surface area contributed by atoms with Crippen LogP contribution in [0.4, 0.5) is 14.7 Å². The molecule has 90 valence electrons. The second-order valence-electron chi connectivity index (χ2n) is 3.72. The molecule has 0 radical (unpaired) electrons. The molecule has 3 rings (SSSR count). The molecule has 3 aromatic rings. The van der Waals surface area contributed by atoms with Crippen LogP contribution in [0.5, 0.6) is 0 Å². The first-order chi connectivity index (χ1) is 8.68. The molecule has 2 aromatic heterocycles. The molecular formula is C12H8F2N4. The Labute approximate surface area is 101 Å². The van der Waals surface area contributed by atoms with Gasteiger partial charge in [-0.25, -0.2) is 18.7 Å². The number of nitrogens with zero attached hydrogens (tertiary/aromatic N) is 3. The lowest BCUT2D eigenvalue weighted by molar-refractivity contribution is 0.571. The quantitative estimate of drug-likeness (QED) is 0.716. The molecule has 0 spiro atoms. The monoisotopic (exact) mass is 246 g/mol. The van der Waals surface area contributed by atoms with E-state index in [1.54, 1.807) is 12.1 Å². The zero-order valence-corrected chi connectivity index (χ0v) is 9.14. The molecule has 0 bridgehead atoms. The van der Waals surface area contributed by atoms with Crippen molar-refractivity contribution < 1.29 is 8.78 Å². The fourth-order valence-corrected chi connectivity index (χ4v) is 1.85. The van der Waals surface area contributed by atoms with E-state index in [-0.39, 0.29) is 11.6 Å². The lowest BCUT2D eigenvalue weighted by atomic mass is 10.3. The Morgan fingerprint density at radius 3 is 2.50 bits per heavy atom. The summed E-state index contributed by atoms with van der Waals surface area (Å²) >= 11 is 0. The molecule has 0 fully saturated rings. The molecule has 2 N–H and O–H groups in total. The zero-order valence-electron chi connectivity index (χ0n) is 9.14. The SMILES string of the molecule is Nc1nc2cccnc2n1-c1c(F)cccc1F. The Bertz CT molecular complexity index is 716. The number of benzene rings is 1. The summed E-state index contributed by atoms with van der Waals surface area (Å²) in [5.41, 5.74) is 6.24. The third-order valence-electron chi connectivity index (χ3n) is 2.60. The van der Waals surface area contributed by atoms with Gasteiger partial charge in [0.05, 0.1) is 0 Å². The van der Waals surface area contributed by atoms with E-state index in [0.29, 0.717) is 11.2 Å². The normalized spacial score (nSPS) is 11.0. The van der Waals surface area contributed by atoms with Gasteiger partial charge in [-0.1, -0.05) is 6.07 Å². The molecule has 18 heavy (non-hydrogen) atoms. The molecule has 0 unspecified atom stereocenters. The maximum atomic E-state index is 13.7. The van der Waals surface area contributed by atoms with Crippen molar-refractivity contribution in [3.05, 3.63) is 48.2 Å².